The molecule has 1 aromatic rings. The van der Waals surface area contributed by atoms with Gasteiger partial charge in [0, 0.05) is 45.4 Å². The van der Waals surface area contributed by atoms with E-state index in [0.29, 0.717) is 13.0 Å². The van der Waals surface area contributed by atoms with Crippen LogP contribution in [0.25, 0.3) is 0 Å². The highest BCUT2D eigenvalue weighted by atomic mass is 16.5. The van der Waals surface area contributed by atoms with Gasteiger partial charge in [0.2, 0.25) is 5.91 Å². The average molecular weight is 390 g/mol. The average Bonchev–Trinajstić information content (AvgIpc) is 3.14. The molecule has 0 aromatic heterocycles. The third-order valence-corrected chi connectivity index (χ3v) is 4.77. The molecule has 0 atom stereocenters. The largest absolute Gasteiger partial charge is 0.383 e. The Kier molecular flexibility index (Phi) is 9.79. The van der Waals surface area contributed by atoms with Crippen molar-refractivity contribution in [1.82, 2.24) is 15.5 Å². The van der Waals surface area contributed by atoms with E-state index in [4.69, 9.17) is 4.74 Å². The molecule has 28 heavy (non-hydrogen) atoms. The number of carbonyl (C=O) groups excluding carboxylic acids is 1. The highest BCUT2D eigenvalue weighted by molar-refractivity contribution is 5.95. The number of aliphatic imine (C=N–C) groups is 1. The van der Waals surface area contributed by atoms with Crippen molar-refractivity contribution in [2.75, 3.05) is 58.4 Å². The van der Waals surface area contributed by atoms with Crippen LogP contribution in [0.15, 0.2) is 29.3 Å². The molecular formula is C21H35N5O2. The lowest BCUT2D eigenvalue weighted by molar-refractivity contribution is -0.117. The third kappa shape index (κ3) is 7.48. The van der Waals surface area contributed by atoms with Crippen molar-refractivity contribution in [2.45, 2.75) is 32.7 Å². The van der Waals surface area contributed by atoms with Crippen LogP contribution in [0.4, 0.5) is 5.69 Å². The van der Waals surface area contributed by atoms with Gasteiger partial charge in [-0.15, -0.1) is 0 Å². The van der Waals surface area contributed by atoms with Crippen molar-refractivity contribution in [3.63, 3.8) is 0 Å². The molecule has 7 heteroatoms. The summed E-state index contributed by atoms with van der Waals surface area (Å²) in [5.41, 5.74) is 2.12. The van der Waals surface area contributed by atoms with Crippen LogP contribution in [0.3, 0.4) is 0 Å². The van der Waals surface area contributed by atoms with E-state index in [1.165, 1.54) is 0 Å². The maximum atomic E-state index is 11.8. The molecule has 2 N–H and O–H groups in total. The van der Waals surface area contributed by atoms with Crippen molar-refractivity contribution in [3.8, 4) is 0 Å². The molecule has 1 aromatic carbocycles. The first kappa shape index (κ1) is 22.2. The number of benzene rings is 1. The fourth-order valence-corrected chi connectivity index (χ4v) is 3.13. The van der Waals surface area contributed by atoms with Crippen LogP contribution in [-0.4, -0.2) is 70.3 Å². The number of nitrogens with zero attached hydrogens (tertiary/aromatic N) is 3. The molecular weight excluding hydrogens is 354 g/mol. The first-order chi connectivity index (χ1) is 13.6. The van der Waals surface area contributed by atoms with Gasteiger partial charge in [0.15, 0.2) is 5.96 Å². The van der Waals surface area contributed by atoms with Crippen LogP contribution in [-0.2, 0) is 16.1 Å². The smallest absolute Gasteiger partial charge is 0.227 e. The second-order valence-corrected chi connectivity index (χ2v) is 7.09. The summed E-state index contributed by atoms with van der Waals surface area (Å²) in [4.78, 5) is 20.6. The molecule has 0 spiro atoms. The molecule has 1 aliphatic rings. The van der Waals surface area contributed by atoms with Gasteiger partial charge in [-0.3, -0.25) is 4.79 Å². The molecule has 0 bridgehead atoms. The molecule has 0 radical (unpaired) electrons. The first-order valence-electron chi connectivity index (χ1n) is 10.2. The summed E-state index contributed by atoms with van der Waals surface area (Å²) in [6, 6.07) is 8.14. The number of nitrogens with one attached hydrogen (secondary N) is 2. The molecule has 7 nitrogen and oxygen atoms in total. The zero-order valence-electron chi connectivity index (χ0n) is 17.5. The minimum absolute atomic E-state index is 0.220. The molecule has 0 aliphatic carbocycles. The Hall–Kier alpha value is -2.12. The van der Waals surface area contributed by atoms with Gasteiger partial charge in [-0.2, -0.15) is 0 Å². The number of anilines is 1. The summed E-state index contributed by atoms with van der Waals surface area (Å²) in [6.07, 6.45) is 2.65. The van der Waals surface area contributed by atoms with Crippen LogP contribution in [0, 0.1) is 0 Å². The molecule has 156 valence electrons. The van der Waals surface area contributed by atoms with Gasteiger partial charge < -0.3 is 25.2 Å². The fourth-order valence-electron chi connectivity index (χ4n) is 3.13. The van der Waals surface area contributed by atoms with E-state index in [9.17, 15) is 4.79 Å². The van der Waals surface area contributed by atoms with Gasteiger partial charge in [0.1, 0.15) is 0 Å². The molecule has 0 unspecified atom stereocenters. The molecule has 0 saturated carbocycles. The zero-order chi connectivity index (χ0) is 20.2. The number of hydrogen-bond donors (Lipinski definition) is 2. The summed E-state index contributed by atoms with van der Waals surface area (Å²) in [5.74, 6) is 1.05. The Labute approximate surface area is 169 Å². The summed E-state index contributed by atoms with van der Waals surface area (Å²) in [6.45, 7) is 7.93. The number of guanidine groups is 1. The maximum absolute atomic E-state index is 11.8. The molecule has 1 heterocycles. The predicted molar refractivity (Wildman–Crippen MR) is 115 cm³/mol. The van der Waals surface area contributed by atoms with E-state index in [2.05, 4.69) is 46.6 Å². The number of hydrogen-bond acceptors (Lipinski definition) is 4. The number of likely N-dealkylation sites (N-methyl/N-ethyl adjacent to an activating group) is 1. The third-order valence-electron chi connectivity index (χ3n) is 4.77. The Balaban J connectivity index is 1.78. The number of ether oxygens (including phenoxy) is 1. The molecule has 1 amide bonds. The summed E-state index contributed by atoms with van der Waals surface area (Å²) < 4.78 is 5.10. The molecule has 1 aliphatic heterocycles. The van der Waals surface area contributed by atoms with Crippen LogP contribution < -0.4 is 15.5 Å². The van der Waals surface area contributed by atoms with Crippen molar-refractivity contribution in [1.29, 1.82) is 0 Å². The molecule has 1 saturated heterocycles. The van der Waals surface area contributed by atoms with E-state index < -0.39 is 0 Å². The van der Waals surface area contributed by atoms with E-state index >= 15 is 0 Å². The van der Waals surface area contributed by atoms with Gasteiger partial charge in [0.05, 0.1) is 13.2 Å². The van der Waals surface area contributed by atoms with Gasteiger partial charge in [0.25, 0.3) is 0 Å². The standard InChI is InChI=1S/C21H35N5O2/c1-4-22-21(23-12-6-13-25(2)15-16-28-3)24-17-18-8-10-19(11-9-18)26-14-5-7-20(26)27/h8-11H,4-7,12-17H2,1-3H3,(H2,22,23,24). The van der Waals surface area contributed by atoms with Crippen molar-refractivity contribution >= 4 is 17.6 Å². The van der Waals surface area contributed by atoms with Crippen LogP contribution in [0.5, 0.6) is 0 Å². The number of carbonyl (C=O) groups is 1. The second-order valence-electron chi connectivity index (χ2n) is 7.09. The highest BCUT2D eigenvalue weighted by Gasteiger charge is 2.21. The number of methoxy groups -OCH3 is 1. The Bertz CT molecular complexity index is 618. The monoisotopic (exact) mass is 389 g/mol. The molecule has 2 rings (SSSR count). The molecule has 1 fully saturated rings. The normalized spacial score (nSPS) is 14.8. The quantitative estimate of drug-likeness (QED) is 0.343. The summed E-state index contributed by atoms with van der Waals surface area (Å²) in [7, 11) is 3.84. The van der Waals surface area contributed by atoms with E-state index in [0.717, 1.165) is 69.4 Å². The van der Waals surface area contributed by atoms with E-state index in [1.54, 1.807) is 7.11 Å². The van der Waals surface area contributed by atoms with Gasteiger partial charge in [-0.25, -0.2) is 4.99 Å². The maximum Gasteiger partial charge on any atom is 0.227 e. The van der Waals surface area contributed by atoms with E-state index in [1.807, 2.05) is 17.0 Å². The van der Waals surface area contributed by atoms with Crippen molar-refractivity contribution in [2.24, 2.45) is 4.99 Å². The minimum Gasteiger partial charge on any atom is -0.383 e. The topological polar surface area (TPSA) is 69.2 Å². The Morgan fingerprint density at radius 3 is 2.68 bits per heavy atom. The zero-order valence-corrected chi connectivity index (χ0v) is 17.5. The minimum atomic E-state index is 0.220. The number of rotatable bonds is 11. The van der Waals surface area contributed by atoms with Gasteiger partial charge in [-0.05, 0) is 51.1 Å². The lowest BCUT2D eigenvalue weighted by Crippen LogP contribution is -2.38. The van der Waals surface area contributed by atoms with Crippen molar-refractivity contribution < 1.29 is 9.53 Å². The number of amides is 1. The summed E-state index contributed by atoms with van der Waals surface area (Å²) >= 11 is 0. The Morgan fingerprint density at radius 1 is 1.25 bits per heavy atom. The van der Waals surface area contributed by atoms with Crippen LogP contribution >= 0.6 is 0 Å². The fraction of sp³-hybridized carbons (Fsp3) is 0.619. The van der Waals surface area contributed by atoms with Crippen LogP contribution in [0.2, 0.25) is 0 Å². The Morgan fingerprint density at radius 2 is 2.04 bits per heavy atom. The van der Waals surface area contributed by atoms with Crippen molar-refractivity contribution in [3.05, 3.63) is 29.8 Å². The SMILES string of the molecule is CCNC(=NCc1ccc(N2CCCC2=O)cc1)NCCCN(C)CCOC. The lowest BCUT2D eigenvalue weighted by atomic mass is 10.2. The van der Waals surface area contributed by atoms with Gasteiger partial charge in [-0.1, -0.05) is 12.1 Å². The summed E-state index contributed by atoms with van der Waals surface area (Å²) in [5, 5.41) is 6.68. The first-order valence-corrected chi connectivity index (χ1v) is 10.2. The second kappa shape index (κ2) is 12.4. The lowest BCUT2D eigenvalue weighted by Gasteiger charge is -2.17. The van der Waals surface area contributed by atoms with Gasteiger partial charge >= 0.3 is 0 Å². The highest BCUT2D eigenvalue weighted by Crippen LogP contribution is 2.21. The predicted octanol–water partition coefficient (Wildman–Crippen LogP) is 1.84. The van der Waals surface area contributed by atoms with Crippen LogP contribution in [0.1, 0.15) is 31.7 Å². The van der Waals surface area contributed by atoms with E-state index in [-0.39, 0.29) is 5.91 Å².